The van der Waals surface area contributed by atoms with Crippen LogP contribution in [0.5, 0.6) is 5.75 Å². The standard InChI is InChI=1S/C34H38N6O2/c1-42-28-16-13-25(14-17-28)22-40-32(18-15-24-8-3-2-4-9-24)37-38-34(40)31(39-19-7-10-26(23-39)33(35)41)20-27-21-36-30-12-6-5-11-29(27)30/h2-6,8-9,11-14,16-17,21,26,31,36H,7,10,15,18-20,22-23H2,1H3,(H2,35,41)/t26-,31+/m0/s1. The van der Waals surface area contributed by atoms with E-state index < -0.39 is 0 Å². The van der Waals surface area contributed by atoms with Gasteiger partial charge in [0.1, 0.15) is 11.6 Å². The van der Waals surface area contributed by atoms with Crippen LogP contribution in [0.15, 0.2) is 85.1 Å². The molecule has 3 heterocycles. The molecule has 5 aromatic rings. The minimum Gasteiger partial charge on any atom is -0.497 e. The molecular formula is C34H38N6O2. The minimum absolute atomic E-state index is 0.0671. The predicted molar refractivity (Wildman–Crippen MR) is 164 cm³/mol. The van der Waals surface area contributed by atoms with E-state index in [1.165, 1.54) is 16.5 Å². The Hall–Kier alpha value is -4.43. The second-order valence-electron chi connectivity index (χ2n) is 11.2. The number of nitrogens with two attached hydrogens (primary N) is 1. The summed E-state index contributed by atoms with van der Waals surface area (Å²) in [6, 6.07) is 27.0. The van der Waals surface area contributed by atoms with Crippen molar-refractivity contribution in [2.24, 2.45) is 11.7 Å². The first-order chi connectivity index (χ1) is 20.6. The highest BCUT2D eigenvalue weighted by atomic mass is 16.5. The third-order valence-electron chi connectivity index (χ3n) is 8.52. The van der Waals surface area contributed by atoms with Gasteiger partial charge in [-0.05, 0) is 67.1 Å². The number of rotatable bonds is 11. The van der Waals surface area contributed by atoms with Crippen molar-refractivity contribution >= 4 is 16.8 Å². The molecule has 0 spiro atoms. The zero-order valence-corrected chi connectivity index (χ0v) is 24.1. The maximum atomic E-state index is 12.3. The predicted octanol–water partition coefficient (Wildman–Crippen LogP) is 5.08. The number of aryl methyl sites for hydroxylation is 2. The van der Waals surface area contributed by atoms with Crippen molar-refractivity contribution in [3.05, 3.63) is 113 Å². The van der Waals surface area contributed by atoms with Crippen LogP contribution in [0.2, 0.25) is 0 Å². The van der Waals surface area contributed by atoms with E-state index in [9.17, 15) is 4.79 Å². The van der Waals surface area contributed by atoms with Gasteiger partial charge >= 0.3 is 0 Å². The first kappa shape index (κ1) is 27.7. The highest BCUT2D eigenvalue weighted by molar-refractivity contribution is 5.83. The van der Waals surface area contributed by atoms with Crippen molar-refractivity contribution in [1.29, 1.82) is 0 Å². The maximum absolute atomic E-state index is 12.3. The average Bonchev–Trinajstić information content (AvgIpc) is 3.63. The lowest BCUT2D eigenvalue weighted by atomic mass is 9.94. The molecule has 3 aromatic carbocycles. The van der Waals surface area contributed by atoms with Gasteiger partial charge in [0.2, 0.25) is 5.91 Å². The summed E-state index contributed by atoms with van der Waals surface area (Å²) in [4.78, 5) is 18.1. The lowest BCUT2D eigenvalue weighted by molar-refractivity contribution is -0.123. The van der Waals surface area contributed by atoms with E-state index in [1.807, 2.05) is 24.3 Å². The van der Waals surface area contributed by atoms with Crippen molar-refractivity contribution in [2.75, 3.05) is 20.2 Å². The largest absolute Gasteiger partial charge is 0.497 e. The van der Waals surface area contributed by atoms with Crippen LogP contribution in [-0.2, 0) is 30.6 Å². The van der Waals surface area contributed by atoms with Crippen molar-refractivity contribution in [3.63, 3.8) is 0 Å². The summed E-state index contributed by atoms with van der Waals surface area (Å²) < 4.78 is 7.69. The topological polar surface area (TPSA) is 102 Å². The number of methoxy groups -OCH3 is 1. The second kappa shape index (κ2) is 12.6. The van der Waals surface area contributed by atoms with Gasteiger partial charge in [-0.1, -0.05) is 60.7 Å². The number of primary amides is 1. The quantitative estimate of drug-likeness (QED) is 0.234. The zero-order valence-electron chi connectivity index (χ0n) is 24.1. The maximum Gasteiger partial charge on any atom is 0.221 e. The third kappa shape index (κ3) is 6.09. The van der Waals surface area contributed by atoms with Crippen molar-refractivity contribution in [2.45, 2.75) is 44.7 Å². The Morgan fingerprint density at radius 2 is 1.79 bits per heavy atom. The number of ether oxygens (including phenoxy) is 1. The van der Waals surface area contributed by atoms with Gasteiger partial charge in [0.05, 0.1) is 25.6 Å². The molecule has 6 rings (SSSR count). The molecule has 0 aliphatic carbocycles. The number of likely N-dealkylation sites (tertiary alicyclic amines) is 1. The number of fused-ring (bicyclic) bond motifs is 1. The molecule has 0 saturated carbocycles. The molecule has 1 aliphatic heterocycles. The summed E-state index contributed by atoms with van der Waals surface area (Å²) in [5.74, 6) is 2.31. The van der Waals surface area contributed by atoms with E-state index in [0.717, 1.165) is 67.1 Å². The molecule has 2 atom stereocenters. The summed E-state index contributed by atoms with van der Waals surface area (Å²) in [5, 5.41) is 10.9. The van der Waals surface area contributed by atoms with Crippen LogP contribution in [0.4, 0.5) is 0 Å². The normalized spacial score (nSPS) is 16.5. The second-order valence-corrected chi connectivity index (χ2v) is 11.2. The number of benzene rings is 3. The van der Waals surface area contributed by atoms with E-state index >= 15 is 0 Å². The fourth-order valence-electron chi connectivity index (χ4n) is 6.18. The number of aromatic amines is 1. The third-order valence-corrected chi connectivity index (χ3v) is 8.52. The molecule has 1 fully saturated rings. The Labute approximate surface area is 246 Å². The molecule has 216 valence electrons. The zero-order chi connectivity index (χ0) is 28.9. The first-order valence-electron chi connectivity index (χ1n) is 14.8. The molecule has 8 heteroatoms. The number of piperidine rings is 1. The Morgan fingerprint density at radius 3 is 2.57 bits per heavy atom. The highest BCUT2D eigenvalue weighted by Crippen LogP contribution is 2.32. The molecule has 1 saturated heterocycles. The molecule has 1 aliphatic rings. The number of amides is 1. The van der Waals surface area contributed by atoms with E-state index in [0.29, 0.717) is 13.1 Å². The number of aromatic nitrogens is 4. The number of carbonyl (C=O) groups excluding carboxylic acids is 1. The lowest BCUT2D eigenvalue weighted by Gasteiger charge is -2.37. The summed E-state index contributed by atoms with van der Waals surface area (Å²) >= 11 is 0. The van der Waals surface area contributed by atoms with Crippen LogP contribution in [0.25, 0.3) is 10.9 Å². The molecule has 2 aromatic heterocycles. The number of H-pyrrole nitrogens is 1. The molecule has 1 amide bonds. The Morgan fingerprint density at radius 1 is 1.00 bits per heavy atom. The van der Waals surface area contributed by atoms with Crippen LogP contribution in [-0.4, -0.2) is 50.8 Å². The van der Waals surface area contributed by atoms with Crippen LogP contribution in [0.3, 0.4) is 0 Å². The molecule has 0 bridgehead atoms. The smallest absolute Gasteiger partial charge is 0.221 e. The number of hydrogen-bond acceptors (Lipinski definition) is 5. The van der Waals surface area contributed by atoms with Gasteiger partial charge in [0.15, 0.2) is 5.82 Å². The summed E-state index contributed by atoms with van der Waals surface area (Å²) in [7, 11) is 1.68. The molecular weight excluding hydrogens is 524 g/mol. The van der Waals surface area contributed by atoms with Crippen LogP contribution in [0.1, 0.15) is 47.2 Å². The number of nitrogens with one attached hydrogen (secondary N) is 1. The molecule has 3 N–H and O–H groups in total. The summed E-state index contributed by atoms with van der Waals surface area (Å²) in [6.45, 7) is 2.15. The van der Waals surface area contributed by atoms with Gasteiger partial charge in [-0.2, -0.15) is 0 Å². The van der Waals surface area contributed by atoms with Crippen LogP contribution in [0, 0.1) is 5.92 Å². The van der Waals surface area contributed by atoms with E-state index in [2.05, 4.69) is 75.2 Å². The SMILES string of the molecule is COc1ccc(Cn2c(CCc3ccccc3)nnc2[C@@H](Cc2c[nH]c3ccccc23)N2CCC[C@H](C(N)=O)C2)cc1. The number of carbonyl (C=O) groups is 1. The molecule has 0 unspecified atom stereocenters. The fourth-order valence-corrected chi connectivity index (χ4v) is 6.18. The Bertz CT molecular complexity index is 1630. The van der Waals surface area contributed by atoms with Crippen molar-refractivity contribution in [1.82, 2.24) is 24.6 Å². The van der Waals surface area contributed by atoms with Crippen LogP contribution < -0.4 is 10.5 Å². The first-order valence-corrected chi connectivity index (χ1v) is 14.8. The van der Waals surface area contributed by atoms with Gasteiger partial charge in [0.25, 0.3) is 0 Å². The minimum atomic E-state index is -0.228. The Kier molecular flexibility index (Phi) is 8.33. The van der Waals surface area contributed by atoms with Crippen molar-refractivity contribution in [3.8, 4) is 5.75 Å². The Balaban J connectivity index is 1.40. The summed E-state index contributed by atoms with van der Waals surface area (Å²) in [5.41, 5.74) is 10.6. The van der Waals surface area contributed by atoms with E-state index in [1.54, 1.807) is 7.11 Å². The van der Waals surface area contributed by atoms with Gasteiger partial charge in [0, 0.05) is 30.1 Å². The highest BCUT2D eigenvalue weighted by Gasteiger charge is 2.33. The number of nitrogens with zero attached hydrogens (tertiary/aromatic N) is 4. The number of para-hydroxylation sites is 1. The van der Waals surface area contributed by atoms with Gasteiger partial charge in [-0.15, -0.1) is 10.2 Å². The van der Waals surface area contributed by atoms with Gasteiger partial charge in [-0.3, -0.25) is 9.69 Å². The molecule has 0 radical (unpaired) electrons. The van der Waals surface area contributed by atoms with E-state index in [4.69, 9.17) is 20.7 Å². The molecule has 42 heavy (non-hydrogen) atoms. The monoisotopic (exact) mass is 562 g/mol. The van der Waals surface area contributed by atoms with Gasteiger partial charge in [-0.25, -0.2) is 0 Å². The van der Waals surface area contributed by atoms with Crippen LogP contribution >= 0.6 is 0 Å². The number of hydrogen-bond donors (Lipinski definition) is 2. The van der Waals surface area contributed by atoms with E-state index in [-0.39, 0.29) is 17.9 Å². The lowest BCUT2D eigenvalue weighted by Crippen LogP contribution is -2.44. The fraction of sp³-hybridized carbons (Fsp3) is 0.324. The average molecular weight is 563 g/mol. The molecule has 8 nitrogen and oxygen atoms in total. The van der Waals surface area contributed by atoms with Gasteiger partial charge < -0.3 is 20.0 Å². The van der Waals surface area contributed by atoms with Crippen molar-refractivity contribution < 1.29 is 9.53 Å². The summed E-state index contributed by atoms with van der Waals surface area (Å²) in [6.07, 6.45) is 6.25.